The Morgan fingerprint density at radius 1 is 1.37 bits per heavy atom. The minimum Gasteiger partial charge on any atom is -0.491 e. The molecule has 1 aromatic carbocycles. The third-order valence-electron chi connectivity index (χ3n) is 3.69. The lowest BCUT2D eigenvalue weighted by molar-refractivity contribution is 0.242. The average Bonchev–Trinajstić information content (AvgIpc) is 2.82. The summed E-state index contributed by atoms with van der Waals surface area (Å²) in [7, 11) is 0. The van der Waals surface area contributed by atoms with Gasteiger partial charge in [0, 0.05) is 31.1 Å². The summed E-state index contributed by atoms with van der Waals surface area (Å²) in [5.41, 5.74) is 5.85. The summed E-state index contributed by atoms with van der Waals surface area (Å²) in [5.74, 6) is 1.41. The van der Waals surface area contributed by atoms with Crippen molar-refractivity contribution < 1.29 is 4.74 Å². The highest BCUT2D eigenvalue weighted by molar-refractivity contribution is 5.89. The SMILES string of the molecule is CC(C)Oc1cccc(C2NN=C3CCNCC32)c1. The van der Waals surface area contributed by atoms with Crippen molar-refractivity contribution in [3.63, 3.8) is 0 Å². The topological polar surface area (TPSA) is 45.6 Å². The zero-order valence-electron chi connectivity index (χ0n) is 11.5. The standard InChI is InChI=1S/C15H21N3O/c1-10(2)19-12-5-3-4-11(8-12)15-13-9-16-7-6-14(13)17-18-15/h3-5,8,10,13,15-16,18H,6-7,9H2,1-2H3. The molecule has 0 aromatic heterocycles. The highest BCUT2D eigenvalue weighted by Crippen LogP contribution is 2.31. The molecule has 102 valence electrons. The number of hydrogen-bond donors (Lipinski definition) is 2. The summed E-state index contributed by atoms with van der Waals surface area (Å²) in [6, 6.07) is 8.63. The van der Waals surface area contributed by atoms with Crippen molar-refractivity contribution in [1.29, 1.82) is 0 Å². The molecule has 0 radical (unpaired) electrons. The van der Waals surface area contributed by atoms with Crippen molar-refractivity contribution in [1.82, 2.24) is 10.7 Å². The van der Waals surface area contributed by atoms with E-state index in [1.165, 1.54) is 11.3 Å². The van der Waals surface area contributed by atoms with E-state index in [1.54, 1.807) is 0 Å². The Morgan fingerprint density at radius 2 is 2.26 bits per heavy atom. The minimum atomic E-state index is 0.204. The molecule has 2 aliphatic heterocycles. The number of hydrazone groups is 1. The van der Waals surface area contributed by atoms with Gasteiger partial charge in [0.15, 0.2) is 0 Å². The maximum atomic E-state index is 5.77. The predicted octanol–water partition coefficient (Wildman–Crippen LogP) is 2.08. The molecule has 4 nitrogen and oxygen atoms in total. The van der Waals surface area contributed by atoms with E-state index in [0.717, 1.165) is 25.3 Å². The Bertz CT molecular complexity index is 484. The van der Waals surface area contributed by atoms with Gasteiger partial charge < -0.3 is 15.5 Å². The van der Waals surface area contributed by atoms with Crippen molar-refractivity contribution in [2.45, 2.75) is 32.4 Å². The Kier molecular flexibility index (Phi) is 3.42. The van der Waals surface area contributed by atoms with Gasteiger partial charge in [0.25, 0.3) is 0 Å². The van der Waals surface area contributed by atoms with E-state index in [-0.39, 0.29) is 12.1 Å². The minimum absolute atomic E-state index is 0.204. The highest BCUT2D eigenvalue weighted by Gasteiger charge is 2.34. The molecule has 1 saturated heterocycles. The fraction of sp³-hybridized carbons (Fsp3) is 0.533. The van der Waals surface area contributed by atoms with Gasteiger partial charge in [-0.1, -0.05) is 12.1 Å². The van der Waals surface area contributed by atoms with Crippen molar-refractivity contribution >= 4 is 5.71 Å². The summed E-state index contributed by atoms with van der Waals surface area (Å²) in [5, 5.41) is 7.94. The van der Waals surface area contributed by atoms with Crippen LogP contribution in [0.5, 0.6) is 5.75 Å². The van der Waals surface area contributed by atoms with Gasteiger partial charge in [0.05, 0.1) is 12.1 Å². The van der Waals surface area contributed by atoms with Crippen LogP contribution in [0.15, 0.2) is 29.4 Å². The van der Waals surface area contributed by atoms with E-state index in [0.29, 0.717) is 5.92 Å². The first kappa shape index (κ1) is 12.5. The molecule has 2 atom stereocenters. The molecule has 2 N–H and O–H groups in total. The molecule has 2 heterocycles. The number of benzene rings is 1. The first-order valence-electron chi connectivity index (χ1n) is 7.03. The van der Waals surface area contributed by atoms with Crippen molar-refractivity contribution in [3.05, 3.63) is 29.8 Å². The molecule has 2 aliphatic rings. The number of hydrogen-bond acceptors (Lipinski definition) is 4. The molecule has 0 spiro atoms. The van der Waals surface area contributed by atoms with Gasteiger partial charge in [-0.05, 0) is 31.5 Å². The van der Waals surface area contributed by atoms with Gasteiger partial charge in [-0.2, -0.15) is 5.10 Å². The Labute approximate surface area is 114 Å². The van der Waals surface area contributed by atoms with Crippen LogP contribution >= 0.6 is 0 Å². The van der Waals surface area contributed by atoms with Crippen LogP contribution in [-0.2, 0) is 0 Å². The van der Waals surface area contributed by atoms with Crippen molar-refractivity contribution in [3.8, 4) is 5.75 Å². The summed E-state index contributed by atoms with van der Waals surface area (Å²) in [6.07, 6.45) is 1.26. The molecule has 2 unspecified atom stereocenters. The molecule has 0 bridgehead atoms. The van der Waals surface area contributed by atoms with Crippen LogP contribution in [0.25, 0.3) is 0 Å². The number of rotatable bonds is 3. The largest absolute Gasteiger partial charge is 0.491 e. The van der Waals surface area contributed by atoms with Gasteiger partial charge in [0.2, 0.25) is 0 Å². The van der Waals surface area contributed by atoms with Gasteiger partial charge in [-0.25, -0.2) is 0 Å². The van der Waals surface area contributed by atoms with E-state index in [2.05, 4.69) is 34.0 Å². The van der Waals surface area contributed by atoms with Crippen LogP contribution in [0, 0.1) is 5.92 Å². The third kappa shape index (κ3) is 2.59. The highest BCUT2D eigenvalue weighted by atomic mass is 16.5. The normalized spacial score (nSPS) is 25.7. The number of nitrogens with one attached hydrogen (secondary N) is 2. The van der Waals surface area contributed by atoms with Crippen molar-refractivity contribution in [2.75, 3.05) is 13.1 Å². The fourth-order valence-electron chi connectivity index (χ4n) is 2.83. The first-order valence-corrected chi connectivity index (χ1v) is 7.03. The molecule has 0 amide bonds. The lowest BCUT2D eigenvalue weighted by Gasteiger charge is -2.25. The predicted molar refractivity (Wildman–Crippen MR) is 76.5 cm³/mol. The second kappa shape index (κ2) is 5.21. The quantitative estimate of drug-likeness (QED) is 0.873. The molecule has 19 heavy (non-hydrogen) atoms. The maximum absolute atomic E-state index is 5.77. The second-order valence-corrected chi connectivity index (χ2v) is 5.51. The van der Waals surface area contributed by atoms with E-state index < -0.39 is 0 Å². The smallest absolute Gasteiger partial charge is 0.120 e. The van der Waals surface area contributed by atoms with Crippen LogP contribution in [0.3, 0.4) is 0 Å². The average molecular weight is 259 g/mol. The molecular formula is C15H21N3O. The van der Waals surface area contributed by atoms with Gasteiger partial charge in [-0.3, -0.25) is 0 Å². The summed E-state index contributed by atoms with van der Waals surface area (Å²) in [4.78, 5) is 0. The summed E-state index contributed by atoms with van der Waals surface area (Å²) in [6.45, 7) is 6.14. The lowest BCUT2D eigenvalue weighted by Crippen LogP contribution is -2.38. The van der Waals surface area contributed by atoms with E-state index >= 15 is 0 Å². The third-order valence-corrected chi connectivity index (χ3v) is 3.69. The molecule has 4 heteroatoms. The molecule has 0 aliphatic carbocycles. The summed E-state index contributed by atoms with van der Waals surface area (Å²) < 4.78 is 5.77. The number of piperidine rings is 1. The van der Waals surface area contributed by atoms with Crippen LogP contribution in [-0.4, -0.2) is 24.9 Å². The summed E-state index contributed by atoms with van der Waals surface area (Å²) >= 11 is 0. The first-order chi connectivity index (χ1) is 9.24. The molecule has 1 fully saturated rings. The zero-order chi connectivity index (χ0) is 13.2. The Balaban J connectivity index is 1.79. The van der Waals surface area contributed by atoms with Crippen LogP contribution in [0.4, 0.5) is 0 Å². The second-order valence-electron chi connectivity index (χ2n) is 5.51. The number of ether oxygens (including phenoxy) is 1. The Hall–Kier alpha value is -1.55. The van der Waals surface area contributed by atoms with Crippen LogP contribution < -0.4 is 15.5 Å². The zero-order valence-corrected chi connectivity index (χ0v) is 11.5. The molecule has 3 rings (SSSR count). The van der Waals surface area contributed by atoms with Crippen LogP contribution in [0.1, 0.15) is 31.9 Å². The maximum Gasteiger partial charge on any atom is 0.120 e. The van der Waals surface area contributed by atoms with Crippen molar-refractivity contribution in [2.24, 2.45) is 11.0 Å². The van der Waals surface area contributed by atoms with Gasteiger partial charge >= 0.3 is 0 Å². The van der Waals surface area contributed by atoms with E-state index in [4.69, 9.17) is 4.74 Å². The van der Waals surface area contributed by atoms with E-state index in [9.17, 15) is 0 Å². The number of fused-ring (bicyclic) bond motifs is 1. The van der Waals surface area contributed by atoms with Crippen LogP contribution in [0.2, 0.25) is 0 Å². The molecule has 0 saturated carbocycles. The fourth-order valence-corrected chi connectivity index (χ4v) is 2.83. The monoisotopic (exact) mass is 259 g/mol. The molecular weight excluding hydrogens is 238 g/mol. The van der Waals surface area contributed by atoms with E-state index in [1.807, 2.05) is 19.9 Å². The molecule has 1 aromatic rings. The van der Waals surface area contributed by atoms with Gasteiger partial charge in [-0.15, -0.1) is 0 Å². The Morgan fingerprint density at radius 3 is 3.11 bits per heavy atom. The number of nitrogens with zero attached hydrogens (tertiary/aromatic N) is 1. The van der Waals surface area contributed by atoms with Gasteiger partial charge in [0.1, 0.15) is 5.75 Å². The lowest BCUT2D eigenvalue weighted by atomic mass is 9.87.